The third kappa shape index (κ3) is 3.44. The van der Waals surface area contributed by atoms with Crippen molar-refractivity contribution >= 4 is 5.82 Å². The van der Waals surface area contributed by atoms with Gasteiger partial charge in [-0.1, -0.05) is 27.7 Å². The Labute approximate surface area is 110 Å². The summed E-state index contributed by atoms with van der Waals surface area (Å²) in [6.07, 6.45) is 3.41. The zero-order valence-corrected chi connectivity index (χ0v) is 12.0. The highest BCUT2D eigenvalue weighted by Gasteiger charge is 2.36. The Balaban J connectivity index is 2.17. The second-order valence-electron chi connectivity index (χ2n) is 5.95. The lowest BCUT2D eigenvalue weighted by Gasteiger charge is -2.10. The largest absolute Gasteiger partial charge is 0.370 e. The van der Waals surface area contributed by atoms with Gasteiger partial charge in [-0.15, -0.1) is 0 Å². The Kier molecular flexibility index (Phi) is 4.20. The molecule has 1 saturated carbocycles. The Morgan fingerprint density at radius 1 is 1.39 bits per heavy atom. The van der Waals surface area contributed by atoms with Gasteiger partial charge in [-0.25, -0.2) is 9.97 Å². The maximum atomic E-state index is 4.74. The van der Waals surface area contributed by atoms with E-state index >= 15 is 0 Å². The van der Waals surface area contributed by atoms with Crippen molar-refractivity contribution in [2.24, 2.45) is 11.8 Å². The van der Waals surface area contributed by atoms with Gasteiger partial charge in [-0.05, 0) is 31.1 Å². The molecule has 0 aliphatic heterocycles. The van der Waals surface area contributed by atoms with E-state index < -0.39 is 0 Å². The minimum Gasteiger partial charge on any atom is -0.370 e. The predicted octanol–water partition coefficient (Wildman–Crippen LogP) is 3.62. The highest BCUT2D eigenvalue weighted by Crippen LogP contribution is 2.45. The summed E-state index contributed by atoms with van der Waals surface area (Å²) >= 11 is 0. The number of hydrogen-bond donors (Lipinski definition) is 1. The summed E-state index contributed by atoms with van der Waals surface area (Å²) in [6, 6.07) is 2.12. The van der Waals surface area contributed by atoms with Crippen molar-refractivity contribution in [2.45, 2.75) is 52.9 Å². The first-order valence-electron chi connectivity index (χ1n) is 7.21. The van der Waals surface area contributed by atoms with Gasteiger partial charge in [0.2, 0.25) is 0 Å². The van der Waals surface area contributed by atoms with Crippen LogP contribution in [-0.4, -0.2) is 16.5 Å². The summed E-state index contributed by atoms with van der Waals surface area (Å²) in [5, 5.41) is 3.39. The first-order chi connectivity index (χ1) is 8.60. The SMILES string of the molecule is CCCNc1cc(CC(C)C)nc(C2CC2C)n1. The number of nitrogens with zero attached hydrogens (tertiary/aromatic N) is 2. The molecular weight excluding hydrogens is 222 g/mol. The fourth-order valence-electron chi connectivity index (χ4n) is 2.23. The standard InChI is InChI=1S/C15H25N3/c1-5-6-16-14-9-12(7-10(2)3)17-15(18-14)13-8-11(13)4/h9-11,13H,5-8H2,1-4H3,(H,16,17,18). The van der Waals surface area contributed by atoms with Gasteiger partial charge in [0, 0.05) is 24.2 Å². The highest BCUT2D eigenvalue weighted by molar-refractivity contribution is 5.37. The molecule has 3 heteroatoms. The molecule has 0 amide bonds. The lowest BCUT2D eigenvalue weighted by molar-refractivity contribution is 0.629. The van der Waals surface area contributed by atoms with Crippen LogP contribution in [-0.2, 0) is 6.42 Å². The van der Waals surface area contributed by atoms with E-state index in [0.29, 0.717) is 11.8 Å². The highest BCUT2D eigenvalue weighted by atomic mass is 15.0. The maximum Gasteiger partial charge on any atom is 0.134 e. The molecule has 18 heavy (non-hydrogen) atoms. The fourth-order valence-corrected chi connectivity index (χ4v) is 2.23. The molecule has 100 valence electrons. The minimum absolute atomic E-state index is 0.597. The van der Waals surface area contributed by atoms with Crippen LogP contribution in [0.4, 0.5) is 5.82 Å². The van der Waals surface area contributed by atoms with Crippen LogP contribution < -0.4 is 5.32 Å². The Morgan fingerprint density at radius 2 is 2.11 bits per heavy atom. The number of aromatic nitrogens is 2. The van der Waals surface area contributed by atoms with Crippen LogP contribution in [0.15, 0.2) is 6.07 Å². The van der Waals surface area contributed by atoms with Crippen molar-refractivity contribution in [2.75, 3.05) is 11.9 Å². The van der Waals surface area contributed by atoms with E-state index in [1.54, 1.807) is 0 Å². The van der Waals surface area contributed by atoms with Crippen molar-refractivity contribution < 1.29 is 0 Å². The number of anilines is 1. The molecule has 3 nitrogen and oxygen atoms in total. The molecule has 1 aromatic rings. The zero-order chi connectivity index (χ0) is 13.1. The monoisotopic (exact) mass is 247 g/mol. The van der Waals surface area contributed by atoms with Crippen molar-refractivity contribution in [3.05, 3.63) is 17.6 Å². The van der Waals surface area contributed by atoms with Crippen molar-refractivity contribution in [1.29, 1.82) is 0 Å². The van der Waals surface area contributed by atoms with Gasteiger partial charge in [0.25, 0.3) is 0 Å². The van der Waals surface area contributed by atoms with Crippen LogP contribution in [0.5, 0.6) is 0 Å². The molecule has 1 aromatic heterocycles. The molecule has 0 saturated heterocycles. The van der Waals surface area contributed by atoms with Crippen LogP contribution >= 0.6 is 0 Å². The van der Waals surface area contributed by atoms with Gasteiger partial charge in [-0.2, -0.15) is 0 Å². The third-order valence-corrected chi connectivity index (χ3v) is 3.41. The van der Waals surface area contributed by atoms with E-state index in [9.17, 15) is 0 Å². The normalized spacial score (nSPS) is 22.3. The molecule has 1 aliphatic carbocycles. The summed E-state index contributed by atoms with van der Waals surface area (Å²) in [4.78, 5) is 9.41. The molecule has 1 fully saturated rings. The maximum absolute atomic E-state index is 4.74. The third-order valence-electron chi connectivity index (χ3n) is 3.41. The molecule has 1 heterocycles. The Morgan fingerprint density at radius 3 is 2.67 bits per heavy atom. The summed E-state index contributed by atoms with van der Waals surface area (Å²) in [6.45, 7) is 9.91. The second kappa shape index (κ2) is 5.68. The van der Waals surface area contributed by atoms with Gasteiger partial charge >= 0.3 is 0 Å². The van der Waals surface area contributed by atoms with Gasteiger partial charge in [-0.3, -0.25) is 0 Å². The van der Waals surface area contributed by atoms with Crippen molar-refractivity contribution in [3.63, 3.8) is 0 Å². The smallest absolute Gasteiger partial charge is 0.134 e. The zero-order valence-electron chi connectivity index (χ0n) is 12.0. The lowest BCUT2D eigenvalue weighted by Crippen LogP contribution is -2.08. The van der Waals surface area contributed by atoms with Crippen LogP contribution in [0.1, 0.15) is 58.0 Å². The number of hydrogen-bond acceptors (Lipinski definition) is 3. The number of rotatable bonds is 6. The van der Waals surface area contributed by atoms with Crippen LogP contribution in [0.25, 0.3) is 0 Å². The fraction of sp³-hybridized carbons (Fsp3) is 0.733. The van der Waals surface area contributed by atoms with Gasteiger partial charge in [0.05, 0.1) is 0 Å². The molecule has 2 rings (SSSR count). The van der Waals surface area contributed by atoms with Crippen molar-refractivity contribution in [1.82, 2.24) is 9.97 Å². The van der Waals surface area contributed by atoms with E-state index in [-0.39, 0.29) is 0 Å². The van der Waals surface area contributed by atoms with E-state index in [0.717, 1.165) is 36.9 Å². The molecule has 0 radical (unpaired) electrons. The molecule has 1 aliphatic rings. The Hall–Kier alpha value is -1.12. The second-order valence-corrected chi connectivity index (χ2v) is 5.95. The van der Waals surface area contributed by atoms with Crippen LogP contribution in [0.2, 0.25) is 0 Å². The first kappa shape index (κ1) is 13.3. The van der Waals surface area contributed by atoms with Crippen LogP contribution in [0, 0.1) is 11.8 Å². The summed E-state index contributed by atoms with van der Waals surface area (Å²) < 4.78 is 0. The van der Waals surface area contributed by atoms with E-state index in [1.807, 2.05) is 0 Å². The average molecular weight is 247 g/mol. The van der Waals surface area contributed by atoms with Crippen molar-refractivity contribution in [3.8, 4) is 0 Å². The molecule has 0 aromatic carbocycles. The van der Waals surface area contributed by atoms with Gasteiger partial charge in [0.15, 0.2) is 0 Å². The summed E-state index contributed by atoms with van der Waals surface area (Å²) in [5.74, 6) is 4.07. The van der Waals surface area contributed by atoms with E-state index in [1.165, 1.54) is 12.1 Å². The van der Waals surface area contributed by atoms with E-state index in [4.69, 9.17) is 4.98 Å². The van der Waals surface area contributed by atoms with Gasteiger partial charge in [0.1, 0.15) is 11.6 Å². The molecule has 1 N–H and O–H groups in total. The quantitative estimate of drug-likeness (QED) is 0.834. The van der Waals surface area contributed by atoms with Gasteiger partial charge < -0.3 is 5.32 Å². The number of nitrogens with one attached hydrogen (secondary N) is 1. The summed E-state index contributed by atoms with van der Waals surface area (Å²) in [5.41, 5.74) is 1.19. The summed E-state index contributed by atoms with van der Waals surface area (Å²) in [7, 11) is 0. The molecule has 0 spiro atoms. The molecule has 2 unspecified atom stereocenters. The van der Waals surface area contributed by atoms with Crippen LogP contribution in [0.3, 0.4) is 0 Å². The molecule has 2 atom stereocenters. The predicted molar refractivity (Wildman–Crippen MR) is 75.9 cm³/mol. The lowest BCUT2D eigenvalue weighted by atomic mass is 10.1. The Bertz CT molecular complexity index is 401. The topological polar surface area (TPSA) is 37.8 Å². The first-order valence-corrected chi connectivity index (χ1v) is 7.21. The minimum atomic E-state index is 0.597. The average Bonchev–Trinajstić information content (AvgIpc) is 3.02. The molecular formula is C15H25N3. The van der Waals surface area contributed by atoms with E-state index in [2.05, 4.69) is 44.1 Å². The molecule has 0 bridgehead atoms.